The Labute approximate surface area is 115 Å². The highest BCUT2D eigenvalue weighted by atomic mass is 16.5. The van der Waals surface area contributed by atoms with E-state index < -0.39 is 0 Å². The Balaban J connectivity index is 2.97. The molecule has 0 amide bonds. The third-order valence-electron chi connectivity index (χ3n) is 4.21. The number of nitrogens with two attached hydrogens (primary N) is 1. The van der Waals surface area contributed by atoms with Gasteiger partial charge in [0.1, 0.15) is 5.75 Å². The second-order valence-electron chi connectivity index (χ2n) is 5.92. The molecule has 2 aromatic rings. The van der Waals surface area contributed by atoms with Gasteiger partial charge < -0.3 is 15.0 Å². The molecule has 0 saturated heterocycles. The first kappa shape index (κ1) is 13.9. The molecule has 0 radical (unpaired) electrons. The van der Waals surface area contributed by atoms with Crippen LogP contribution in [0.3, 0.4) is 0 Å². The summed E-state index contributed by atoms with van der Waals surface area (Å²) in [6.07, 6.45) is 0. The van der Waals surface area contributed by atoms with Gasteiger partial charge in [0.05, 0.1) is 12.6 Å². The lowest BCUT2D eigenvalue weighted by Crippen LogP contribution is -2.29. The van der Waals surface area contributed by atoms with Crippen LogP contribution in [0.1, 0.15) is 30.7 Å². The van der Waals surface area contributed by atoms with Gasteiger partial charge in [-0.05, 0) is 31.0 Å². The molecule has 0 saturated carbocycles. The molecule has 0 aliphatic carbocycles. The third kappa shape index (κ3) is 1.93. The third-order valence-corrected chi connectivity index (χ3v) is 4.21. The van der Waals surface area contributed by atoms with Crippen LogP contribution in [-0.2, 0) is 12.5 Å². The van der Waals surface area contributed by atoms with Crippen molar-refractivity contribution in [3.05, 3.63) is 29.0 Å². The van der Waals surface area contributed by atoms with Gasteiger partial charge >= 0.3 is 0 Å². The molecule has 0 fully saturated rings. The SMILES string of the molecule is COc1ccc(C)c2c(C(C)(C)CN)c(C)n(C)c12. The van der Waals surface area contributed by atoms with Gasteiger partial charge in [0.15, 0.2) is 0 Å². The number of benzene rings is 1. The van der Waals surface area contributed by atoms with Crippen molar-refractivity contribution < 1.29 is 4.74 Å². The molecular weight excluding hydrogens is 236 g/mol. The van der Waals surface area contributed by atoms with E-state index in [-0.39, 0.29) is 5.41 Å². The van der Waals surface area contributed by atoms with Crippen LogP contribution in [-0.4, -0.2) is 18.2 Å². The van der Waals surface area contributed by atoms with Crippen LogP contribution in [0.2, 0.25) is 0 Å². The van der Waals surface area contributed by atoms with E-state index in [0.717, 1.165) is 11.3 Å². The molecule has 2 N–H and O–H groups in total. The normalized spacial score (nSPS) is 12.2. The summed E-state index contributed by atoms with van der Waals surface area (Å²) >= 11 is 0. The van der Waals surface area contributed by atoms with E-state index in [9.17, 15) is 0 Å². The molecule has 0 atom stereocenters. The number of ether oxygens (including phenoxy) is 1. The Morgan fingerprint density at radius 2 is 1.89 bits per heavy atom. The van der Waals surface area contributed by atoms with Gasteiger partial charge in [-0.2, -0.15) is 0 Å². The molecule has 1 aromatic heterocycles. The molecule has 0 bridgehead atoms. The topological polar surface area (TPSA) is 40.2 Å². The van der Waals surface area contributed by atoms with Crippen molar-refractivity contribution in [3.8, 4) is 5.75 Å². The summed E-state index contributed by atoms with van der Waals surface area (Å²) < 4.78 is 7.74. The Hall–Kier alpha value is -1.48. The smallest absolute Gasteiger partial charge is 0.143 e. The Morgan fingerprint density at radius 3 is 2.42 bits per heavy atom. The van der Waals surface area contributed by atoms with Gasteiger partial charge in [0.25, 0.3) is 0 Å². The molecule has 3 heteroatoms. The zero-order chi connectivity index (χ0) is 14.4. The quantitative estimate of drug-likeness (QED) is 0.921. The lowest BCUT2D eigenvalue weighted by atomic mass is 9.82. The van der Waals surface area contributed by atoms with Crippen LogP contribution < -0.4 is 10.5 Å². The van der Waals surface area contributed by atoms with Gasteiger partial charge in [0, 0.05) is 30.1 Å². The van der Waals surface area contributed by atoms with Crippen molar-refractivity contribution >= 4 is 10.9 Å². The fraction of sp³-hybridized carbons (Fsp3) is 0.500. The minimum atomic E-state index is -0.0410. The Morgan fingerprint density at radius 1 is 1.26 bits per heavy atom. The summed E-state index contributed by atoms with van der Waals surface area (Å²) in [5, 5.41) is 1.29. The highest BCUT2D eigenvalue weighted by molar-refractivity contribution is 5.94. The molecule has 3 nitrogen and oxygen atoms in total. The lowest BCUT2D eigenvalue weighted by molar-refractivity contribution is 0.417. The average Bonchev–Trinajstić information content (AvgIpc) is 2.65. The summed E-state index contributed by atoms with van der Waals surface area (Å²) in [6.45, 7) is 9.34. The molecule has 0 aliphatic heterocycles. The van der Waals surface area contributed by atoms with E-state index >= 15 is 0 Å². The van der Waals surface area contributed by atoms with Crippen molar-refractivity contribution in [2.75, 3.05) is 13.7 Å². The zero-order valence-corrected chi connectivity index (χ0v) is 12.8. The highest BCUT2D eigenvalue weighted by Gasteiger charge is 2.28. The van der Waals surface area contributed by atoms with E-state index in [0.29, 0.717) is 6.54 Å². The first-order valence-corrected chi connectivity index (χ1v) is 6.68. The number of hydrogen-bond donors (Lipinski definition) is 1. The maximum absolute atomic E-state index is 5.99. The van der Waals surface area contributed by atoms with Crippen LogP contribution in [0.5, 0.6) is 5.75 Å². The fourth-order valence-corrected chi connectivity index (χ4v) is 2.93. The van der Waals surface area contributed by atoms with Gasteiger partial charge in [-0.25, -0.2) is 0 Å². The molecule has 0 unspecified atom stereocenters. The van der Waals surface area contributed by atoms with Crippen LogP contribution in [0.15, 0.2) is 12.1 Å². The maximum atomic E-state index is 5.99. The summed E-state index contributed by atoms with van der Waals surface area (Å²) in [5.41, 5.74) is 11.0. The standard InChI is InChI=1S/C16H24N2O/c1-10-7-8-12(19-6)15-13(10)14(11(2)18(15)5)16(3,4)9-17/h7-8H,9,17H2,1-6H3. The van der Waals surface area contributed by atoms with Crippen LogP contribution >= 0.6 is 0 Å². The first-order valence-electron chi connectivity index (χ1n) is 6.68. The molecule has 1 heterocycles. The maximum Gasteiger partial charge on any atom is 0.143 e. The summed E-state index contributed by atoms with van der Waals surface area (Å²) in [6, 6.07) is 4.16. The van der Waals surface area contributed by atoms with Gasteiger partial charge in [0.2, 0.25) is 0 Å². The van der Waals surface area contributed by atoms with E-state index in [4.69, 9.17) is 10.5 Å². The number of rotatable bonds is 3. The molecule has 19 heavy (non-hydrogen) atoms. The Kier molecular flexibility index (Phi) is 3.35. The molecule has 2 rings (SSSR count). The van der Waals surface area contributed by atoms with Crippen molar-refractivity contribution in [1.29, 1.82) is 0 Å². The fourth-order valence-electron chi connectivity index (χ4n) is 2.93. The lowest BCUT2D eigenvalue weighted by Gasteiger charge is -2.24. The zero-order valence-electron chi connectivity index (χ0n) is 12.8. The molecule has 0 spiro atoms. The predicted octanol–water partition coefficient (Wildman–Crippen LogP) is 3.04. The second-order valence-corrected chi connectivity index (χ2v) is 5.92. The number of aryl methyl sites for hydroxylation is 2. The minimum absolute atomic E-state index is 0.0410. The second kappa shape index (κ2) is 4.57. The van der Waals surface area contributed by atoms with Crippen molar-refractivity contribution in [3.63, 3.8) is 0 Å². The largest absolute Gasteiger partial charge is 0.495 e. The first-order chi connectivity index (χ1) is 8.85. The van der Waals surface area contributed by atoms with E-state index in [1.807, 2.05) is 6.07 Å². The molecule has 1 aromatic carbocycles. The summed E-state index contributed by atoms with van der Waals surface area (Å²) in [7, 11) is 3.82. The van der Waals surface area contributed by atoms with Gasteiger partial charge in [-0.15, -0.1) is 0 Å². The van der Waals surface area contributed by atoms with E-state index in [1.54, 1.807) is 7.11 Å². The minimum Gasteiger partial charge on any atom is -0.495 e. The van der Waals surface area contributed by atoms with Crippen molar-refractivity contribution in [2.45, 2.75) is 33.1 Å². The van der Waals surface area contributed by atoms with Gasteiger partial charge in [-0.3, -0.25) is 0 Å². The number of hydrogen-bond acceptors (Lipinski definition) is 2. The molecule has 104 valence electrons. The molecular formula is C16H24N2O. The number of aromatic nitrogens is 1. The summed E-state index contributed by atoms with van der Waals surface area (Å²) in [4.78, 5) is 0. The van der Waals surface area contributed by atoms with Gasteiger partial charge in [-0.1, -0.05) is 19.9 Å². The van der Waals surface area contributed by atoms with Crippen LogP contribution in [0, 0.1) is 13.8 Å². The number of fused-ring (bicyclic) bond motifs is 1. The average molecular weight is 260 g/mol. The Bertz CT molecular complexity index is 623. The highest BCUT2D eigenvalue weighted by Crippen LogP contribution is 2.39. The summed E-state index contributed by atoms with van der Waals surface area (Å²) in [5.74, 6) is 0.922. The van der Waals surface area contributed by atoms with Crippen molar-refractivity contribution in [1.82, 2.24) is 4.57 Å². The monoisotopic (exact) mass is 260 g/mol. The van der Waals surface area contributed by atoms with E-state index in [2.05, 4.69) is 45.4 Å². The van der Waals surface area contributed by atoms with Crippen molar-refractivity contribution in [2.24, 2.45) is 12.8 Å². The molecule has 0 aliphatic rings. The number of methoxy groups -OCH3 is 1. The predicted molar refractivity (Wildman–Crippen MR) is 81.0 cm³/mol. The van der Waals surface area contributed by atoms with Crippen LogP contribution in [0.25, 0.3) is 10.9 Å². The van der Waals surface area contributed by atoms with Crippen LogP contribution in [0.4, 0.5) is 0 Å². The van der Waals surface area contributed by atoms with E-state index in [1.165, 1.54) is 22.2 Å². The number of nitrogens with zero attached hydrogens (tertiary/aromatic N) is 1.